The van der Waals surface area contributed by atoms with Crippen molar-refractivity contribution in [1.29, 1.82) is 0 Å². The van der Waals surface area contributed by atoms with Crippen LogP contribution in [0, 0.1) is 5.92 Å². The first kappa shape index (κ1) is 12.4. The summed E-state index contributed by atoms with van der Waals surface area (Å²) < 4.78 is 0. The Balaban J connectivity index is 1.96. The minimum Gasteiger partial charge on any atom is -0.327 e. The average molecular weight is 251 g/mol. The van der Waals surface area contributed by atoms with Crippen LogP contribution in [0.15, 0.2) is 60.7 Å². The SMILES string of the molecule is NC(C1CCC1)C(c1ccccc1)c1ccccc1. The first-order valence-corrected chi connectivity index (χ1v) is 7.22. The van der Waals surface area contributed by atoms with Crippen molar-refractivity contribution in [2.45, 2.75) is 31.2 Å². The Bertz CT molecular complexity index is 462. The molecular weight excluding hydrogens is 230 g/mol. The molecule has 1 atom stereocenters. The summed E-state index contributed by atoms with van der Waals surface area (Å²) in [6, 6.07) is 21.6. The molecule has 1 aliphatic carbocycles. The maximum absolute atomic E-state index is 6.59. The van der Waals surface area contributed by atoms with Gasteiger partial charge in [-0.3, -0.25) is 0 Å². The van der Waals surface area contributed by atoms with Crippen molar-refractivity contribution in [2.24, 2.45) is 11.7 Å². The predicted octanol–water partition coefficient (Wildman–Crippen LogP) is 3.95. The van der Waals surface area contributed by atoms with Crippen molar-refractivity contribution < 1.29 is 0 Å². The summed E-state index contributed by atoms with van der Waals surface area (Å²) in [5.74, 6) is 1.01. The van der Waals surface area contributed by atoms with Crippen LogP contribution in [-0.2, 0) is 0 Å². The summed E-state index contributed by atoms with van der Waals surface area (Å²) in [5, 5.41) is 0. The van der Waals surface area contributed by atoms with E-state index in [1.165, 1.54) is 30.4 Å². The Hall–Kier alpha value is -1.60. The van der Waals surface area contributed by atoms with Gasteiger partial charge in [-0.1, -0.05) is 67.1 Å². The van der Waals surface area contributed by atoms with Gasteiger partial charge >= 0.3 is 0 Å². The number of hydrogen-bond donors (Lipinski definition) is 1. The molecule has 0 radical (unpaired) electrons. The van der Waals surface area contributed by atoms with Crippen LogP contribution in [0.3, 0.4) is 0 Å². The van der Waals surface area contributed by atoms with Crippen molar-refractivity contribution in [3.05, 3.63) is 71.8 Å². The van der Waals surface area contributed by atoms with Crippen LogP contribution in [0.5, 0.6) is 0 Å². The summed E-state index contributed by atoms with van der Waals surface area (Å²) in [7, 11) is 0. The highest BCUT2D eigenvalue weighted by atomic mass is 14.7. The van der Waals surface area contributed by atoms with Crippen molar-refractivity contribution >= 4 is 0 Å². The Labute approximate surface area is 115 Å². The van der Waals surface area contributed by atoms with Crippen molar-refractivity contribution in [2.75, 3.05) is 0 Å². The molecular formula is C18H21N. The van der Waals surface area contributed by atoms with E-state index in [0.29, 0.717) is 11.8 Å². The van der Waals surface area contributed by atoms with Crippen LogP contribution in [0.4, 0.5) is 0 Å². The molecule has 0 amide bonds. The van der Waals surface area contributed by atoms with Crippen molar-refractivity contribution in [1.82, 2.24) is 0 Å². The van der Waals surface area contributed by atoms with Gasteiger partial charge in [0.15, 0.2) is 0 Å². The number of nitrogens with two attached hydrogens (primary N) is 1. The third kappa shape index (κ3) is 2.57. The lowest BCUT2D eigenvalue weighted by Crippen LogP contribution is -2.40. The highest BCUT2D eigenvalue weighted by Crippen LogP contribution is 2.38. The van der Waals surface area contributed by atoms with Gasteiger partial charge in [0.1, 0.15) is 0 Å². The zero-order valence-electron chi connectivity index (χ0n) is 11.2. The van der Waals surface area contributed by atoms with E-state index in [9.17, 15) is 0 Å². The van der Waals surface area contributed by atoms with Crippen molar-refractivity contribution in [3.8, 4) is 0 Å². The van der Waals surface area contributed by atoms with E-state index in [4.69, 9.17) is 5.73 Å². The molecule has 0 heterocycles. The normalized spacial score (nSPS) is 17.2. The molecule has 0 spiro atoms. The zero-order chi connectivity index (χ0) is 13.1. The molecule has 0 aliphatic heterocycles. The zero-order valence-corrected chi connectivity index (χ0v) is 11.2. The van der Waals surface area contributed by atoms with Gasteiger partial charge in [0, 0.05) is 12.0 Å². The first-order valence-electron chi connectivity index (χ1n) is 7.22. The van der Waals surface area contributed by atoms with E-state index in [1.54, 1.807) is 0 Å². The van der Waals surface area contributed by atoms with Gasteiger partial charge in [0.05, 0.1) is 0 Å². The van der Waals surface area contributed by atoms with E-state index in [1.807, 2.05) is 0 Å². The maximum Gasteiger partial charge on any atom is 0.0243 e. The molecule has 2 N–H and O–H groups in total. The van der Waals surface area contributed by atoms with E-state index in [-0.39, 0.29) is 6.04 Å². The highest BCUT2D eigenvalue weighted by Gasteiger charge is 2.32. The Kier molecular flexibility index (Phi) is 3.65. The topological polar surface area (TPSA) is 26.0 Å². The van der Waals surface area contributed by atoms with Crippen molar-refractivity contribution in [3.63, 3.8) is 0 Å². The average Bonchev–Trinajstić information content (AvgIpc) is 2.39. The summed E-state index contributed by atoms with van der Waals surface area (Å²) in [6.07, 6.45) is 3.92. The fraction of sp³-hybridized carbons (Fsp3) is 0.333. The number of benzene rings is 2. The number of hydrogen-bond acceptors (Lipinski definition) is 1. The van der Waals surface area contributed by atoms with E-state index in [2.05, 4.69) is 60.7 Å². The minimum atomic E-state index is 0.235. The minimum absolute atomic E-state index is 0.235. The fourth-order valence-corrected chi connectivity index (χ4v) is 3.05. The summed E-state index contributed by atoms with van der Waals surface area (Å²) in [4.78, 5) is 0. The molecule has 0 bridgehead atoms. The van der Waals surface area contributed by atoms with E-state index >= 15 is 0 Å². The van der Waals surface area contributed by atoms with Crippen LogP contribution in [-0.4, -0.2) is 6.04 Å². The Morgan fingerprint density at radius 1 is 0.789 bits per heavy atom. The lowest BCUT2D eigenvalue weighted by Gasteiger charge is -2.37. The molecule has 1 aliphatic rings. The summed E-state index contributed by atoms with van der Waals surface area (Å²) in [5.41, 5.74) is 9.27. The molecule has 3 rings (SSSR count). The largest absolute Gasteiger partial charge is 0.327 e. The predicted molar refractivity (Wildman–Crippen MR) is 80.0 cm³/mol. The molecule has 19 heavy (non-hydrogen) atoms. The maximum atomic E-state index is 6.59. The van der Waals surface area contributed by atoms with E-state index in [0.717, 1.165) is 0 Å². The second kappa shape index (κ2) is 5.58. The third-order valence-electron chi connectivity index (χ3n) is 4.40. The van der Waals surface area contributed by atoms with Gasteiger partial charge in [0.25, 0.3) is 0 Å². The standard InChI is InChI=1S/C18H21N/c19-18(16-12-7-13-16)17(14-8-3-1-4-9-14)15-10-5-2-6-11-15/h1-6,8-11,16-18H,7,12-13,19H2. The molecule has 98 valence electrons. The lowest BCUT2D eigenvalue weighted by molar-refractivity contribution is 0.247. The summed E-state index contributed by atoms with van der Waals surface area (Å²) in [6.45, 7) is 0. The van der Waals surface area contributed by atoms with Gasteiger partial charge in [-0.25, -0.2) is 0 Å². The van der Waals surface area contributed by atoms with Crippen LogP contribution >= 0.6 is 0 Å². The molecule has 1 unspecified atom stereocenters. The molecule has 0 saturated heterocycles. The van der Waals surface area contributed by atoms with Gasteiger partial charge in [-0.05, 0) is 29.9 Å². The fourth-order valence-electron chi connectivity index (χ4n) is 3.05. The molecule has 2 aromatic rings. The highest BCUT2D eigenvalue weighted by molar-refractivity contribution is 5.34. The monoisotopic (exact) mass is 251 g/mol. The van der Waals surface area contributed by atoms with Gasteiger partial charge < -0.3 is 5.73 Å². The van der Waals surface area contributed by atoms with Crippen LogP contribution in [0.1, 0.15) is 36.3 Å². The molecule has 2 aromatic carbocycles. The third-order valence-corrected chi connectivity index (χ3v) is 4.40. The Morgan fingerprint density at radius 3 is 1.63 bits per heavy atom. The van der Waals surface area contributed by atoms with Crippen LogP contribution < -0.4 is 5.73 Å². The van der Waals surface area contributed by atoms with Gasteiger partial charge in [0.2, 0.25) is 0 Å². The van der Waals surface area contributed by atoms with E-state index < -0.39 is 0 Å². The van der Waals surface area contributed by atoms with Crippen LogP contribution in [0.25, 0.3) is 0 Å². The molecule has 1 heteroatoms. The second-order valence-electron chi connectivity index (χ2n) is 5.57. The van der Waals surface area contributed by atoms with Crippen LogP contribution in [0.2, 0.25) is 0 Å². The molecule has 1 fully saturated rings. The number of rotatable bonds is 4. The summed E-state index contributed by atoms with van der Waals surface area (Å²) >= 11 is 0. The molecule has 0 aromatic heterocycles. The van der Waals surface area contributed by atoms with Gasteiger partial charge in [-0.2, -0.15) is 0 Å². The smallest absolute Gasteiger partial charge is 0.0243 e. The second-order valence-corrected chi connectivity index (χ2v) is 5.57. The molecule has 1 saturated carbocycles. The quantitative estimate of drug-likeness (QED) is 0.875. The Morgan fingerprint density at radius 2 is 1.26 bits per heavy atom. The first-order chi connectivity index (χ1) is 9.36. The molecule has 1 nitrogen and oxygen atoms in total. The lowest BCUT2D eigenvalue weighted by atomic mass is 9.71. The van der Waals surface area contributed by atoms with Gasteiger partial charge in [-0.15, -0.1) is 0 Å².